The average molecular weight is 819 g/mol. The molecular formula is C60H42N2Si. The van der Waals surface area contributed by atoms with Crippen molar-refractivity contribution in [2.24, 2.45) is 0 Å². The van der Waals surface area contributed by atoms with E-state index >= 15 is 0 Å². The molecule has 2 aromatic heterocycles. The molecule has 0 unspecified atom stereocenters. The molecule has 0 bridgehead atoms. The van der Waals surface area contributed by atoms with Gasteiger partial charge in [-0.1, -0.05) is 206 Å². The molecule has 2 nitrogen and oxygen atoms in total. The standard InChI is InChI=1S/C60H42N2Si/c1-4-19-43(20-5-1)45-23-16-28-50(39-45)63(49-26-8-3-9-27-49,51-29-17-24-46(40-51)44-21-6-2-7-22-44)52-30-18-25-47(41-52)61-59-36-15-12-33-55(59)56-42-48(37-38-60(56)61)62-57-34-13-10-31-53(57)54-32-11-14-35-58(54)62/h1-42H. The van der Waals surface area contributed by atoms with E-state index in [4.69, 9.17) is 0 Å². The van der Waals surface area contributed by atoms with Gasteiger partial charge < -0.3 is 9.13 Å². The first-order valence-corrected chi connectivity index (χ1v) is 23.8. The Morgan fingerprint density at radius 1 is 0.222 bits per heavy atom. The van der Waals surface area contributed by atoms with Crippen LogP contribution in [-0.4, -0.2) is 17.2 Å². The maximum absolute atomic E-state index is 3.02. The highest BCUT2D eigenvalue weighted by atomic mass is 28.3. The molecule has 0 N–H and O–H groups in total. The molecule has 10 aromatic carbocycles. The van der Waals surface area contributed by atoms with Gasteiger partial charge in [0.1, 0.15) is 0 Å². The third-order valence-electron chi connectivity index (χ3n) is 13.0. The number of fused-ring (bicyclic) bond motifs is 6. The fraction of sp³-hybridized carbons (Fsp3) is 0. The number of benzene rings is 10. The van der Waals surface area contributed by atoms with Crippen molar-refractivity contribution in [1.29, 1.82) is 0 Å². The Labute approximate surface area is 368 Å². The molecule has 0 saturated carbocycles. The Morgan fingerprint density at radius 3 is 1.11 bits per heavy atom. The predicted molar refractivity (Wildman–Crippen MR) is 270 cm³/mol. The van der Waals surface area contributed by atoms with E-state index in [0.29, 0.717) is 0 Å². The topological polar surface area (TPSA) is 9.86 Å². The molecule has 296 valence electrons. The van der Waals surface area contributed by atoms with Gasteiger partial charge in [0.05, 0.1) is 22.1 Å². The number of hydrogen-bond donors (Lipinski definition) is 0. The molecule has 0 aliphatic rings. The minimum Gasteiger partial charge on any atom is -0.309 e. The van der Waals surface area contributed by atoms with E-state index in [1.807, 2.05) is 0 Å². The highest BCUT2D eigenvalue weighted by molar-refractivity contribution is 7.20. The van der Waals surface area contributed by atoms with Crippen LogP contribution in [0.2, 0.25) is 0 Å². The number of para-hydroxylation sites is 3. The van der Waals surface area contributed by atoms with Crippen molar-refractivity contribution in [3.8, 4) is 33.6 Å². The molecule has 3 heteroatoms. The largest absolute Gasteiger partial charge is 0.309 e. The molecule has 0 saturated heterocycles. The summed E-state index contributed by atoms with van der Waals surface area (Å²) in [6, 6.07) is 94.5. The van der Waals surface area contributed by atoms with E-state index in [1.54, 1.807) is 0 Å². The molecule has 0 fully saturated rings. The molecule has 12 rings (SSSR count). The van der Waals surface area contributed by atoms with E-state index in [9.17, 15) is 0 Å². The van der Waals surface area contributed by atoms with Crippen molar-refractivity contribution in [3.05, 3.63) is 255 Å². The van der Waals surface area contributed by atoms with Gasteiger partial charge in [-0.3, -0.25) is 0 Å². The Morgan fingerprint density at radius 2 is 0.587 bits per heavy atom. The first-order chi connectivity index (χ1) is 31.3. The summed E-state index contributed by atoms with van der Waals surface area (Å²) in [7, 11) is -3.02. The quantitative estimate of drug-likeness (QED) is 0.107. The second-order valence-corrected chi connectivity index (χ2v) is 20.3. The van der Waals surface area contributed by atoms with Crippen LogP contribution in [0, 0.1) is 0 Å². The van der Waals surface area contributed by atoms with Gasteiger partial charge >= 0.3 is 0 Å². The molecule has 0 amide bonds. The lowest BCUT2D eigenvalue weighted by atomic mass is 10.1. The monoisotopic (exact) mass is 818 g/mol. The summed E-state index contributed by atoms with van der Waals surface area (Å²) < 4.78 is 4.90. The van der Waals surface area contributed by atoms with Gasteiger partial charge in [-0.15, -0.1) is 0 Å². The van der Waals surface area contributed by atoms with Crippen LogP contribution in [0.4, 0.5) is 0 Å². The van der Waals surface area contributed by atoms with Crippen molar-refractivity contribution >= 4 is 72.4 Å². The smallest absolute Gasteiger partial charge is 0.179 e. The van der Waals surface area contributed by atoms with Gasteiger partial charge in [0.15, 0.2) is 8.07 Å². The lowest BCUT2D eigenvalue weighted by molar-refractivity contribution is 1.17. The third-order valence-corrected chi connectivity index (χ3v) is 17.8. The number of rotatable bonds is 8. The Bertz CT molecular complexity index is 3490. The maximum atomic E-state index is 2.50. The van der Waals surface area contributed by atoms with Gasteiger partial charge in [0.25, 0.3) is 0 Å². The van der Waals surface area contributed by atoms with Gasteiger partial charge in [-0.05, 0) is 91.5 Å². The maximum Gasteiger partial charge on any atom is 0.179 e. The summed E-state index contributed by atoms with van der Waals surface area (Å²) in [5.41, 5.74) is 12.0. The number of nitrogens with zero attached hydrogens (tertiary/aromatic N) is 2. The molecule has 0 spiro atoms. The molecular weight excluding hydrogens is 777 g/mol. The lowest BCUT2D eigenvalue weighted by Gasteiger charge is -2.35. The second kappa shape index (κ2) is 15.2. The first-order valence-electron chi connectivity index (χ1n) is 21.8. The zero-order valence-electron chi connectivity index (χ0n) is 34.6. The van der Waals surface area contributed by atoms with Gasteiger partial charge in [-0.25, -0.2) is 0 Å². The van der Waals surface area contributed by atoms with E-state index in [2.05, 4.69) is 264 Å². The van der Waals surface area contributed by atoms with Crippen molar-refractivity contribution in [2.75, 3.05) is 0 Å². The summed E-state index contributed by atoms with van der Waals surface area (Å²) in [6.07, 6.45) is 0. The first kappa shape index (κ1) is 36.8. The normalized spacial score (nSPS) is 11.8. The lowest BCUT2D eigenvalue weighted by Crippen LogP contribution is -2.74. The summed E-state index contributed by atoms with van der Waals surface area (Å²) >= 11 is 0. The summed E-state index contributed by atoms with van der Waals surface area (Å²) in [5, 5.41) is 10.4. The molecule has 0 atom stereocenters. The molecule has 63 heavy (non-hydrogen) atoms. The Kier molecular flexibility index (Phi) is 8.87. The van der Waals surface area contributed by atoms with Crippen LogP contribution in [0.15, 0.2) is 255 Å². The minimum atomic E-state index is -3.02. The molecule has 0 aliphatic carbocycles. The highest BCUT2D eigenvalue weighted by Gasteiger charge is 2.42. The van der Waals surface area contributed by atoms with Gasteiger partial charge in [0.2, 0.25) is 0 Å². The van der Waals surface area contributed by atoms with E-state index in [-0.39, 0.29) is 0 Å². The molecule has 0 radical (unpaired) electrons. The van der Waals surface area contributed by atoms with Crippen LogP contribution < -0.4 is 20.7 Å². The van der Waals surface area contributed by atoms with Crippen LogP contribution in [0.3, 0.4) is 0 Å². The Hall–Kier alpha value is -7.98. The average Bonchev–Trinajstić information content (AvgIpc) is 3.88. The number of aromatic nitrogens is 2. The van der Waals surface area contributed by atoms with E-state index < -0.39 is 8.07 Å². The van der Waals surface area contributed by atoms with Crippen LogP contribution in [-0.2, 0) is 0 Å². The van der Waals surface area contributed by atoms with Crippen LogP contribution in [0.1, 0.15) is 0 Å². The minimum absolute atomic E-state index is 1.15. The predicted octanol–water partition coefficient (Wildman–Crippen LogP) is 12.6. The highest BCUT2D eigenvalue weighted by Crippen LogP contribution is 2.37. The second-order valence-electron chi connectivity index (χ2n) is 16.5. The molecule has 2 heterocycles. The summed E-state index contributed by atoms with van der Waals surface area (Å²) in [4.78, 5) is 0. The van der Waals surface area contributed by atoms with Crippen molar-refractivity contribution in [1.82, 2.24) is 9.13 Å². The molecule has 12 aromatic rings. The van der Waals surface area contributed by atoms with Crippen molar-refractivity contribution < 1.29 is 0 Å². The summed E-state index contributed by atoms with van der Waals surface area (Å²) in [6.45, 7) is 0. The van der Waals surface area contributed by atoms with E-state index in [0.717, 1.165) is 11.4 Å². The zero-order valence-corrected chi connectivity index (χ0v) is 35.6. The molecule has 0 aliphatic heterocycles. The number of hydrogen-bond acceptors (Lipinski definition) is 0. The van der Waals surface area contributed by atoms with Gasteiger partial charge in [0, 0.05) is 32.9 Å². The van der Waals surface area contributed by atoms with Crippen LogP contribution >= 0.6 is 0 Å². The SMILES string of the molecule is c1ccc(-c2cccc([Si](c3ccccc3)(c3cccc(-c4ccccc4)c3)c3cccc(-n4c5ccccc5c5cc(-n6c7ccccc7c7ccccc76)ccc54)c3)c2)cc1. The van der Waals surface area contributed by atoms with Gasteiger partial charge in [-0.2, -0.15) is 0 Å². The Balaban J connectivity index is 1.12. The van der Waals surface area contributed by atoms with E-state index in [1.165, 1.54) is 86.6 Å². The fourth-order valence-electron chi connectivity index (χ4n) is 10.3. The van der Waals surface area contributed by atoms with Crippen LogP contribution in [0.5, 0.6) is 0 Å². The third kappa shape index (κ3) is 6.00. The zero-order chi connectivity index (χ0) is 41.7. The van der Waals surface area contributed by atoms with Crippen molar-refractivity contribution in [3.63, 3.8) is 0 Å². The summed E-state index contributed by atoms with van der Waals surface area (Å²) in [5.74, 6) is 0. The van der Waals surface area contributed by atoms with Crippen LogP contribution in [0.25, 0.3) is 77.2 Å². The fourth-order valence-corrected chi connectivity index (χ4v) is 15.1. The van der Waals surface area contributed by atoms with Crippen molar-refractivity contribution in [2.45, 2.75) is 0 Å².